The van der Waals surface area contributed by atoms with Gasteiger partial charge < -0.3 is 10.4 Å². The average molecular weight is 262 g/mol. The Bertz CT molecular complexity index is 546. The van der Waals surface area contributed by atoms with Crippen molar-refractivity contribution in [2.75, 3.05) is 12.4 Å². The molecular weight excluding hydrogens is 244 g/mol. The summed E-state index contributed by atoms with van der Waals surface area (Å²) < 4.78 is 0. The van der Waals surface area contributed by atoms with Crippen molar-refractivity contribution in [1.29, 1.82) is 0 Å². The van der Waals surface area contributed by atoms with Gasteiger partial charge in [-0.05, 0) is 39.0 Å². The van der Waals surface area contributed by atoms with Crippen molar-refractivity contribution in [3.63, 3.8) is 0 Å². The third kappa shape index (κ3) is 2.33. The van der Waals surface area contributed by atoms with Crippen LogP contribution >= 0.6 is 0 Å². The predicted molar refractivity (Wildman–Crippen MR) is 72.2 cm³/mol. The fraction of sp³-hybridized carbons (Fsp3) is 0.429. The summed E-state index contributed by atoms with van der Waals surface area (Å²) in [6, 6.07) is 4.85. The van der Waals surface area contributed by atoms with Gasteiger partial charge in [-0.3, -0.25) is 14.5 Å². The van der Waals surface area contributed by atoms with E-state index in [1.807, 2.05) is 6.92 Å². The van der Waals surface area contributed by atoms with Crippen LogP contribution in [0.5, 0.6) is 0 Å². The molecular formula is C14H18N2O3. The second-order valence-corrected chi connectivity index (χ2v) is 5.45. The first kappa shape index (κ1) is 13.5. The van der Waals surface area contributed by atoms with Gasteiger partial charge in [0.25, 0.3) is 11.8 Å². The molecule has 2 amide bonds. The van der Waals surface area contributed by atoms with Gasteiger partial charge in [0.2, 0.25) is 0 Å². The largest absolute Gasteiger partial charge is 0.388 e. The van der Waals surface area contributed by atoms with E-state index in [0.717, 1.165) is 4.90 Å². The number of anilines is 1. The van der Waals surface area contributed by atoms with Crippen LogP contribution in [-0.2, 0) is 0 Å². The fourth-order valence-corrected chi connectivity index (χ4v) is 1.88. The predicted octanol–water partition coefficient (Wildman–Crippen LogP) is 1.48. The highest BCUT2D eigenvalue weighted by molar-refractivity contribution is 6.21. The number of imide groups is 1. The highest BCUT2D eigenvalue weighted by atomic mass is 16.3. The third-order valence-electron chi connectivity index (χ3n) is 3.53. The van der Waals surface area contributed by atoms with E-state index in [1.165, 1.54) is 7.05 Å². The molecule has 1 aromatic carbocycles. The molecule has 0 radical (unpaired) electrons. The Morgan fingerprint density at radius 2 is 1.79 bits per heavy atom. The molecule has 5 nitrogen and oxygen atoms in total. The van der Waals surface area contributed by atoms with Gasteiger partial charge in [0.05, 0.1) is 22.8 Å². The number of fused-ring (bicyclic) bond motifs is 1. The Hall–Kier alpha value is -1.88. The zero-order valence-corrected chi connectivity index (χ0v) is 11.5. The molecule has 0 saturated carbocycles. The molecule has 0 spiro atoms. The summed E-state index contributed by atoms with van der Waals surface area (Å²) in [6.45, 7) is 5.27. The van der Waals surface area contributed by atoms with E-state index in [2.05, 4.69) is 5.32 Å². The summed E-state index contributed by atoms with van der Waals surface area (Å²) in [7, 11) is 1.47. The van der Waals surface area contributed by atoms with Crippen molar-refractivity contribution < 1.29 is 14.7 Å². The maximum atomic E-state index is 11.9. The summed E-state index contributed by atoms with van der Waals surface area (Å²) in [6.07, 6.45) is 0. The van der Waals surface area contributed by atoms with Gasteiger partial charge in [-0.2, -0.15) is 0 Å². The molecule has 1 aliphatic rings. The lowest BCUT2D eigenvalue weighted by molar-refractivity contribution is 0.0648. The molecule has 0 aliphatic carbocycles. The van der Waals surface area contributed by atoms with Crippen LogP contribution in [-0.4, -0.2) is 40.5 Å². The van der Waals surface area contributed by atoms with Crippen molar-refractivity contribution in [1.82, 2.24) is 4.90 Å². The minimum absolute atomic E-state index is 0.185. The van der Waals surface area contributed by atoms with Crippen LogP contribution in [0.4, 0.5) is 5.69 Å². The monoisotopic (exact) mass is 262 g/mol. The number of nitrogens with one attached hydrogen (secondary N) is 1. The molecule has 1 aromatic rings. The molecule has 19 heavy (non-hydrogen) atoms. The average Bonchev–Trinajstić information content (AvgIpc) is 2.53. The first-order valence-electron chi connectivity index (χ1n) is 6.17. The van der Waals surface area contributed by atoms with Crippen LogP contribution in [0, 0.1) is 0 Å². The first-order chi connectivity index (χ1) is 8.71. The first-order valence-corrected chi connectivity index (χ1v) is 6.17. The van der Waals surface area contributed by atoms with E-state index >= 15 is 0 Å². The minimum atomic E-state index is -0.879. The highest BCUT2D eigenvalue weighted by Gasteiger charge is 2.33. The van der Waals surface area contributed by atoms with E-state index in [4.69, 9.17) is 0 Å². The zero-order chi connectivity index (χ0) is 14.4. The van der Waals surface area contributed by atoms with E-state index in [-0.39, 0.29) is 17.9 Å². The maximum Gasteiger partial charge on any atom is 0.261 e. The molecule has 1 heterocycles. The number of carbonyl (C=O) groups excluding carboxylic acids is 2. The lowest BCUT2D eigenvalue weighted by Crippen LogP contribution is -2.39. The molecule has 0 bridgehead atoms. The number of carbonyl (C=O) groups is 2. The van der Waals surface area contributed by atoms with Gasteiger partial charge in [-0.15, -0.1) is 0 Å². The molecule has 2 rings (SSSR count). The minimum Gasteiger partial charge on any atom is -0.388 e. The molecule has 2 N–H and O–H groups in total. The van der Waals surface area contributed by atoms with Gasteiger partial charge in [-0.25, -0.2) is 0 Å². The topological polar surface area (TPSA) is 69.6 Å². The van der Waals surface area contributed by atoms with Crippen molar-refractivity contribution in [3.8, 4) is 0 Å². The van der Waals surface area contributed by atoms with E-state index in [9.17, 15) is 14.7 Å². The third-order valence-corrected chi connectivity index (χ3v) is 3.53. The summed E-state index contributed by atoms with van der Waals surface area (Å²) >= 11 is 0. The maximum absolute atomic E-state index is 11.9. The Morgan fingerprint density at radius 1 is 1.21 bits per heavy atom. The Labute approximate surface area is 112 Å². The van der Waals surface area contributed by atoms with Gasteiger partial charge in [0, 0.05) is 12.7 Å². The second-order valence-electron chi connectivity index (χ2n) is 5.45. The molecule has 0 aromatic heterocycles. The number of amides is 2. The second kappa shape index (κ2) is 4.35. The van der Waals surface area contributed by atoms with Crippen molar-refractivity contribution in [3.05, 3.63) is 29.3 Å². The standard InChI is InChI=1S/C14H18N2O3/c1-8(14(2,3)19)15-9-5-6-10-11(7-9)13(18)16(4)12(10)17/h5-8,15,19H,1-4H3. The van der Waals surface area contributed by atoms with Gasteiger partial charge in [0.1, 0.15) is 0 Å². The van der Waals surface area contributed by atoms with E-state index in [1.54, 1.807) is 32.0 Å². The molecule has 102 valence electrons. The Kier molecular flexibility index (Phi) is 3.10. The molecule has 5 heteroatoms. The van der Waals surface area contributed by atoms with E-state index in [0.29, 0.717) is 16.8 Å². The molecule has 0 fully saturated rings. The van der Waals surface area contributed by atoms with Crippen molar-refractivity contribution >= 4 is 17.5 Å². The van der Waals surface area contributed by atoms with Crippen LogP contribution in [0.3, 0.4) is 0 Å². The smallest absolute Gasteiger partial charge is 0.261 e. The number of rotatable bonds is 3. The molecule has 0 saturated heterocycles. The number of hydrogen-bond acceptors (Lipinski definition) is 4. The van der Waals surface area contributed by atoms with Crippen LogP contribution in [0.15, 0.2) is 18.2 Å². The molecule has 1 unspecified atom stereocenters. The fourth-order valence-electron chi connectivity index (χ4n) is 1.88. The SMILES string of the molecule is CC(Nc1ccc2c(c1)C(=O)N(C)C2=O)C(C)(C)O. The van der Waals surface area contributed by atoms with Crippen molar-refractivity contribution in [2.24, 2.45) is 0 Å². The summed E-state index contributed by atoms with van der Waals surface area (Å²) in [5.74, 6) is -0.568. The summed E-state index contributed by atoms with van der Waals surface area (Å²) in [5, 5.41) is 13.0. The highest BCUT2D eigenvalue weighted by Crippen LogP contribution is 2.25. The summed E-state index contributed by atoms with van der Waals surface area (Å²) in [5.41, 5.74) is 0.662. The molecule has 1 aliphatic heterocycles. The van der Waals surface area contributed by atoms with Crippen LogP contribution < -0.4 is 5.32 Å². The van der Waals surface area contributed by atoms with Crippen LogP contribution in [0.2, 0.25) is 0 Å². The van der Waals surface area contributed by atoms with Gasteiger partial charge >= 0.3 is 0 Å². The normalized spacial score (nSPS) is 16.6. The van der Waals surface area contributed by atoms with Crippen LogP contribution in [0.1, 0.15) is 41.5 Å². The number of benzene rings is 1. The molecule has 1 atom stereocenters. The quantitative estimate of drug-likeness (QED) is 0.810. The Balaban J connectivity index is 2.29. The number of aliphatic hydroxyl groups is 1. The van der Waals surface area contributed by atoms with Crippen molar-refractivity contribution in [2.45, 2.75) is 32.4 Å². The summed E-state index contributed by atoms with van der Waals surface area (Å²) in [4.78, 5) is 24.7. The Morgan fingerprint density at radius 3 is 2.37 bits per heavy atom. The van der Waals surface area contributed by atoms with Crippen LogP contribution in [0.25, 0.3) is 0 Å². The number of nitrogens with zero attached hydrogens (tertiary/aromatic N) is 1. The lowest BCUT2D eigenvalue weighted by Gasteiger charge is -2.27. The van der Waals surface area contributed by atoms with Gasteiger partial charge in [0.15, 0.2) is 0 Å². The number of hydrogen-bond donors (Lipinski definition) is 2. The van der Waals surface area contributed by atoms with E-state index < -0.39 is 5.60 Å². The zero-order valence-electron chi connectivity index (χ0n) is 11.5. The van der Waals surface area contributed by atoms with Gasteiger partial charge in [-0.1, -0.05) is 0 Å². The lowest BCUT2D eigenvalue weighted by atomic mass is 10.00.